The van der Waals surface area contributed by atoms with Crippen LogP contribution in [0.2, 0.25) is 0 Å². The highest BCUT2D eigenvalue weighted by Crippen LogP contribution is 2.33. The highest BCUT2D eigenvalue weighted by Gasteiger charge is 2.18. The Hall–Kier alpha value is -0.670. The number of aliphatic hydroxyl groups excluding tert-OH is 1. The van der Waals surface area contributed by atoms with Gasteiger partial charge in [0.15, 0.2) is 0 Å². The standard InChI is InChI=1S/C10H12O2S/c1-12-8-2-3-9-7(4-8)5-13-6-10(9)11/h2-4,10-11H,5-6H2,1H3/t10-/m0/s1. The van der Waals surface area contributed by atoms with Gasteiger partial charge in [0, 0.05) is 11.5 Å². The number of rotatable bonds is 1. The Bertz CT molecular complexity index is 312. The molecule has 1 N–H and O–H groups in total. The molecular weight excluding hydrogens is 184 g/mol. The fourth-order valence-electron chi connectivity index (χ4n) is 1.53. The average Bonchev–Trinajstić information content (AvgIpc) is 2.18. The Kier molecular flexibility index (Phi) is 2.47. The fourth-order valence-corrected chi connectivity index (χ4v) is 2.52. The van der Waals surface area contributed by atoms with E-state index in [1.54, 1.807) is 18.9 Å². The molecule has 1 aliphatic heterocycles. The van der Waals surface area contributed by atoms with Gasteiger partial charge in [-0.15, -0.1) is 0 Å². The van der Waals surface area contributed by atoms with Crippen LogP contribution in [0.1, 0.15) is 17.2 Å². The molecule has 0 unspecified atom stereocenters. The zero-order valence-electron chi connectivity index (χ0n) is 7.49. The van der Waals surface area contributed by atoms with Crippen molar-refractivity contribution < 1.29 is 9.84 Å². The Balaban J connectivity index is 2.39. The predicted octanol–water partition coefficient (Wildman–Crippen LogP) is 1.98. The van der Waals surface area contributed by atoms with E-state index in [2.05, 4.69) is 0 Å². The second kappa shape index (κ2) is 3.60. The third kappa shape index (κ3) is 1.67. The summed E-state index contributed by atoms with van der Waals surface area (Å²) in [7, 11) is 1.66. The van der Waals surface area contributed by atoms with Gasteiger partial charge in [-0.1, -0.05) is 6.07 Å². The maximum Gasteiger partial charge on any atom is 0.119 e. The van der Waals surface area contributed by atoms with Crippen molar-refractivity contribution in [2.75, 3.05) is 12.9 Å². The molecule has 13 heavy (non-hydrogen) atoms. The average molecular weight is 196 g/mol. The molecule has 0 saturated heterocycles. The molecule has 0 fully saturated rings. The highest BCUT2D eigenvalue weighted by molar-refractivity contribution is 7.98. The summed E-state index contributed by atoms with van der Waals surface area (Å²) in [6.07, 6.45) is -0.306. The second-order valence-corrected chi connectivity index (χ2v) is 4.13. The fraction of sp³-hybridized carbons (Fsp3) is 0.400. The van der Waals surface area contributed by atoms with Crippen LogP contribution in [0, 0.1) is 0 Å². The van der Waals surface area contributed by atoms with E-state index in [4.69, 9.17) is 4.74 Å². The lowest BCUT2D eigenvalue weighted by Crippen LogP contribution is -2.09. The molecular formula is C10H12O2S. The smallest absolute Gasteiger partial charge is 0.119 e. The van der Waals surface area contributed by atoms with Gasteiger partial charge in [0.05, 0.1) is 13.2 Å². The molecule has 0 saturated carbocycles. The molecule has 2 nitrogen and oxygen atoms in total. The third-order valence-electron chi connectivity index (χ3n) is 2.24. The minimum Gasteiger partial charge on any atom is -0.497 e. The Morgan fingerprint density at radius 1 is 1.54 bits per heavy atom. The molecule has 3 heteroatoms. The molecule has 0 radical (unpaired) electrons. The molecule has 0 spiro atoms. The van der Waals surface area contributed by atoms with Gasteiger partial charge in [-0.25, -0.2) is 0 Å². The minimum atomic E-state index is -0.306. The number of aliphatic hydroxyl groups is 1. The van der Waals surface area contributed by atoms with E-state index in [1.807, 2.05) is 18.2 Å². The van der Waals surface area contributed by atoms with Crippen molar-refractivity contribution in [2.45, 2.75) is 11.9 Å². The van der Waals surface area contributed by atoms with Crippen LogP contribution in [-0.2, 0) is 5.75 Å². The van der Waals surface area contributed by atoms with E-state index in [1.165, 1.54) is 5.56 Å². The zero-order valence-corrected chi connectivity index (χ0v) is 8.30. The van der Waals surface area contributed by atoms with E-state index in [0.29, 0.717) is 0 Å². The maximum absolute atomic E-state index is 9.66. The first-order valence-electron chi connectivity index (χ1n) is 4.24. The number of hydrogen-bond acceptors (Lipinski definition) is 3. The molecule has 1 aromatic rings. The third-order valence-corrected chi connectivity index (χ3v) is 3.31. The summed E-state index contributed by atoms with van der Waals surface area (Å²) in [6, 6.07) is 5.86. The number of benzene rings is 1. The number of methoxy groups -OCH3 is 1. The van der Waals surface area contributed by atoms with Gasteiger partial charge in [-0.2, -0.15) is 11.8 Å². The van der Waals surface area contributed by atoms with Crippen molar-refractivity contribution >= 4 is 11.8 Å². The monoisotopic (exact) mass is 196 g/mol. The Labute approximate surface area is 81.9 Å². The number of thioether (sulfide) groups is 1. The van der Waals surface area contributed by atoms with Crippen LogP contribution in [-0.4, -0.2) is 18.0 Å². The van der Waals surface area contributed by atoms with Gasteiger partial charge >= 0.3 is 0 Å². The largest absolute Gasteiger partial charge is 0.497 e. The first-order valence-corrected chi connectivity index (χ1v) is 5.39. The van der Waals surface area contributed by atoms with Crippen LogP contribution in [0.5, 0.6) is 5.75 Å². The van der Waals surface area contributed by atoms with Crippen molar-refractivity contribution in [1.29, 1.82) is 0 Å². The summed E-state index contributed by atoms with van der Waals surface area (Å²) in [6.45, 7) is 0. The van der Waals surface area contributed by atoms with E-state index in [-0.39, 0.29) is 6.10 Å². The molecule has 0 amide bonds. The minimum absolute atomic E-state index is 0.306. The van der Waals surface area contributed by atoms with Crippen molar-refractivity contribution in [3.05, 3.63) is 29.3 Å². The summed E-state index contributed by atoms with van der Waals surface area (Å²) in [5, 5.41) is 9.66. The molecule has 1 aliphatic rings. The highest BCUT2D eigenvalue weighted by atomic mass is 32.2. The zero-order chi connectivity index (χ0) is 9.26. The lowest BCUT2D eigenvalue weighted by molar-refractivity contribution is 0.201. The molecule has 2 rings (SSSR count). The van der Waals surface area contributed by atoms with E-state index in [9.17, 15) is 5.11 Å². The first kappa shape index (κ1) is 8.91. The van der Waals surface area contributed by atoms with Crippen LogP contribution in [0.4, 0.5) is 0 Å². The van der Waals surface area contributed by atoms with Crippen molar-refractivity contribution in [1.82, 2.24) is 0 Å². The summed E-state index contributed by atoms with van der Waals surface area (Å²) in [5.74, 6) is 2.65. The molecule has 0 aromatic heterocycles. The van der Waals surface area contributed by atoms with Crippen LogP contribution in [0.25, 0.3) is 0 Å². The summed E-state index contributed by atoms with van der Waals surface area (Å²) < 4.78 is 5.12. The topological polar surface area (TPSA) is 29.5 Å². The first-order chi connectivity index (χ1) is 6.31. The number of fused-ring (bicyclic) bond motifs is 1. The van der Waals surface area contributed by atoms with E-state index < -0.39 is 0 Å². The van der Waals surface area contributed by atoms with Crippen molar-refractivity contribution in [3.8, 4) is 5.75 Å². The molecule has 1 aromatic carbocycles. The number of ether oxygens (including phenoxy) is 1. The van der Waals surface area contributed by atoms with Crippen molar-refractivity contribution in [2.24, 2.45) is 0 Å². The quantitative estimate of drug-likeness (QED) is 0.744. The van der Waals surface area contributed by atoms with Gasteiger partial charge in [0.2, 0.25) is 0 Å². The van der Waals surface area contributed by atoms with Crippen LogP contribution >= 0.6 is 11.8 Å². The molecule has 1 heterocycles. The van der Waals surface area contributed by atoms with Crippen LogP contribution in [0.3, 0.4) is 0 Å². The molecule has 1 atom stereocenters. The SMILES string of the molecule is COc1ccc2c(c1)CSC[C@@H]2O. The van der Waals surface area contributed by atoms with Gasteiger partial charge in [-0.3, -0.25) is 0 Å². The summed E-state index contributed by atoms with van der Waals surface area (Å²) in [4.78, 5) is 0. The van der Waals surface area contributed by atoms with E-state index in [0.717, 1.165) is 22.8 Å². The summed E-state index contributed by atoms with van der Waals surface area (Å²) in [5.41, 5.74) is 2.25. The second-order valence-electron chi connectivity index (χ2n) is 3.10. The van der Waals surface area contributed by atoms with Gasteiger partial charge < -0.3 is 9.84 Å². The van der Waals surface area contributed by atoms with Crippen LogP contribution < -0.4 is 4.74 Å². The van der Waals surface area contributed by atoms with E-state index >= 15 is 0 Å². The van der Waals surface area contributed by atoms with Crippen molar-refractivity contribution in [3.63, 3.8) is 0 Å². The lowest BCUT2D eigenvalue weighted by Gasteiger charge is -2.21. The predicted molar refractivity (Wildman–Crippen MR) is 54.1 cm³/mol. The molecule has 0 bridgehead atoms. The van der Waals surface area contributed by atoms with Gasteiger partial charge in [0.1, 0.15) is 5.75 Å². The van der Waals surface area contributed by atoms with Crippen LogP contribution in [0.15, 0.2) is 18.2 Å². The Morgan fingerprint density at radius 3 is 3.15 bits per heavy atom. The van der Waals surface area contributed by atoms with Gasteiger partial charge in [-0.05, 0) is 23.3 Å². The molecule has 0 aliphatic carbocycles. The lowest BCUT2D eigenvalue weighted by atomic mass is 10.0. The normalized spacial score (nSPS) is 20.9. The Morgan fingerprint density at radius 2 is 2.38 bits per heavy atom. The number of hydrogen-bond donors (Lipinski definition) is 1. The molecule has 70 valence electrons. The van der Waals surface area contributed by atoms with Gasteiger partial charge in [0.25, 0.3) is 0 Å². The maximum atomic E-state index is 9.66. The summed E-state index contributed by atoms with van der Waals surface area (Å²) >= 11 is 1.76.